The highest BCUT2D eigenvalue weighted by molar-refractivity contribution is 5.91. The molecule has 8 nitrogen and oxygen atoms in total. The third kappa shape index (κ3) is 4.41. The molecule has 0 saturated heterocycles. The van der Waals surface area contributed by atoms with Crippen LogP contribution in [0.4, 0.5) is 20.6 Å². The minimum Gasteiger partial charge on any atom is -0.480 e. The number of rotatable bonds is 5. The smallest absolute Gasteiger partial charge is 0.323 e. The number of urea groups is 1. The number of anilines is 1. The third-order valence-corrected chi connectivity index (χ3v) is 2.59. The van der Waals surface area contributed by atoms with Gasteiger partial charge in [-0.15, -0.1) is 0 Å². The van der Waals surface area contributed by atoms with E-state index in [4.69, 9.17) is 5.11 Å². The SMILES string of the molecule is CC(C)N(CC(=O)O)C(=O)Nc1ccc([N+](=O)[O-])cc1F. The van der Waals surface area contributed by atoms with Crippen LogP contribution in [0.5, 0.6) is 0 Å². The van der Waals surface area contributed by atoms with Crippen LogP contribution in [0.15, 0.2) is 18.2 Å². The number of nitro benzene ring substituents is 1. The minimum absolute atomic E-state index is 0.262. The fourth-order valence-corrected chi connectivity index (χ4v) is 1.54. The lowest BCUT2D eigenvalue weighted by Gasteiger charge is -2.25. The topological polar surface area (TPSA) is 113 Å². The predicted molar refractivity (Wildman–Crippen MR) is 71.6 cm³/mol. The van der Waals surface area contributed by atoms with Gasteiger partial charge in [0.2, 0.25) is 0 Å². The molecule has 0 aromatic heterocycles. The molecule has 2 amide bonds. The van der Waals surface area contributed by atoms with Crippen molar-refractivity contribution in [3.8, 4) is 0 Å². The summed E-state index contributed by atoms with van der Waals surface area (Å²) in [6.45, 7) is 2.67. The van der Waals surface area contributed by atoms with Gasteiger partial charge in [-0.05, 0) is 19.9 Å². The second-order valence-corrected chi connectivity index (χ2v) is 4.47. The summed E-state index contributed by atoms with van der Waals surface area (Å²) in [6, 6.07) is 1.54. The zero-order valence-electron chi connectivity index (χ0n) is 11.4. The number of carbonyl (C=O) groups is 2. The number of carbonyl (C=O) groups excluding carboxylic acids is 1. The summed E-state index contributed by atoms with van der Waals surface area (Å²) in [5.74, 6) is -2.18. The Morgan fingerprint density at radius 1 is 1.48 bits per heavy atom. The highest BCUT2D eigenvalue weighted by Crippen LogP contribution is 2.21. The first-order chi connectivity index (χ1) is 9.72. The van der Waals surface area contributed by atoms with Gasteiger partial charge in [-0.1, -0.05) is 0 Å². The maximum absolute atomic E-state index is 13.6. The van der Waals surface area contributed by atoms with E-state index >= 15 is 0 Å². The van der Waals surface area contributed by atoms with Crippen molar-refractivity contribution in [2.75, 3.05) is 11.9 Å². The van der Waals surface area contributed by atoms with Crippen LogP contribution < -0.4 is 5.32 Å². The number of carboxylic acid groups (broad SMARTS) is 1. The number of carboxylic acids is 1. The molecule has 1 aromatic rings. The number of nitrogens with one attached hydrogen (secondary N) is 1. The molecule has 0 bridgehead atoms. The third-order valence-electron chi connectivity index (χ3n) is 2.59. The molecule has 0 saturated carbocycles. The molecular formula is C12H14FN3O5. The highest BCUT2D eigenvalue weighted by Gasteiger charge is 2.21. The van der Waals surface area contributed by atoms with Crippen LogP contribution in [-0.4, -0.2) is 39.5 Å². The number of non-ortho nitro benzene ring substituents is 1. The lowest BCUT2D eigenvalue weighted by atomic mass is 10.2. The van der Waals surface area contributed by atoms with Crippen molar-refractivity contribution in [2.24, 2.45) is 0 Å². The van der Waals surface area contributed by atoms with E-state index in [1.807, 2.05) is 0 Å². The summed E-state index contributed by atoms with van der Waals surface area (Å²) >= 11 is 0. The van der Waals surface area contributed by atoms with Crippen LogP contribution in [0.25, 0.3) is 0 Å². The molecule has 0 spiro atoms. The number of hydrogen-bond donors (Lipinski definition) is 2. The van der Waals surface area contributed by atoms with Crippen LogP contribution in [0, 0.1) is 15.9 Å². The molecule has 21 heavy (non-hydrogen) atoms. The molecule has 1 aromatic carbocycles. The Balaban J connectivity index is 2.91. The number of nitrogens with zero attached hydrogens (tertiary/aromatic N) is 2. The maximum Gasteiger partial charge on any atom is 0.323 e. The molecular weight excluding hydrogens is 285 g/mol. The quantitative estimate of drug-likeness (QED) is 0.638. The number of aliphatic carboxylic acids is 1. The lowest BCUT2D eigenvalue weighted by Crippen LogP contribution is -2.43. The summed E-state index contributed by atoms with van der Waals surface area (Å²) in [5.41, 5.74) is -0.710. The molecule has 0 heterocycles. The number of benzene rings is 1. The number of amides is 2. The normalized spacial score (nSPS) is 10.3. The van der Waals surface area contributed by atoms with Gasteiger partial charge >= 0.3 is 12.0 Å². The summed E-state index contributed by atoms with van der Waals surface area (Å²) in [5, 5.41) is 21.4. The molecule has 0 fully saturated rings. The molecule has 0 aliphatic carbocycles. The van der Waals surface area contributed by atoms with Crippen LogP contribution in [-0.2, 0) is 4.79 Å². The maximum atomic E-state index is 13.6. The van der Waals surface area contributed by atoms with Crippen molar-refractivity contribution in [3.05, 3.63) is 34.1 Å². The van der Waals surface area contributed by atoms with Gasteiger partial charge in [0.05, 0.1) is 16.7 Å². The molecule has 114 valence electrons. The first-order valence-electron chi connectivity index (χ1n) is 5.95. The second-order valence-electron chi connectivity index (χ2n) is 4.47. The molecule has 9 heteroatoms. The number of hydrogen-bond acceptors (Lipinski definition) is 4. The van der Waals surface area contributed by atoms with Gasteiger partial charge in [0.25, 0.3) is 5.69 Å². The number of halogens is 1. The molecule has 0 radical (unpaired) electrons. The van der Waals surface area contributed by atoms with Crippen molar-refractivity contribution in [3.63, 3.8) is 0 Å². The summed E-state index contributed by atoms with van der Waals surface area (Å²) in [7, 11) is 0. The average Bonchev–Trinajstić information content (AvgIpc) is 2.37. The van der Waals surface area contributed by atoms with E-state index in [0.717, 1.165) is 17.0 Å². The van der Waals surface area contributed by atoms with Gasteiger partial charge in [0.15, 0.2) is 5.82 Å². The van der Waals surface area contributed by atoms with Gasteiger partial charge in [0.1, 0.15) is 6.54 Å². The zero-order valence-corrected chi connectivity index (χ0v) is 11.4. The van der Waals surface area contributed by atoms with Gasteiger partial charge in [0, 0.05) is 12.1 Å². The van der Waals surface area contributed by atoms with Gasteiger partial charge in [-0.2, -0.15) is 0 Å². The molecule has 0 aliphatic heterocycles. The Hall–Kier alpha value is -2.71. The van der Waals surface area contributed by atoms with Crippen LogP contribution in [0.3, 0.4) is 0 Å². The molecule has 2 N–H and O–H groups in total. The molecule has 0 aliphatic rings. The fraction of sp³-hybridized carbons (Fsp3) is 0.333. The number of nitro groups is 1. The summed E-state index contributed by atoms with van der Waals surface area (Å²) < 4.78 is 13.6. The Labute approximate surface area is 119 Å². The van der Waals surface area contributed by atoms with E-state index in [1.165, 1.54) is 0 Å². The Morgan fingerprint density at radius 3 is 2.52 bits per heavy atom. The molecule has 1 rings (SSSR count). The van der Waals surface area contributed by atoms with Crippen molar-refractivity contribution < 1.29 is 24.0 Å². The minimum atomic E-state index is -1.21. The summed E-state index contributed by atoms with van der Waals surface area (Å²) in [4.78, 5) is 33.3. The monoisotopic (exact) mass is 299 g/mol. The van der Waals surface area contributed by atoms with E-state index in [9.17, 15) is 24.1 Å². The van der Waals surface area contributed by atoms with E-state index in [2.05, 4.69) is 5.32 Å². The van der Waals surface area contributed by atoms with Crippen molar-refractivity contribution in [1.29, 1.82) is 0 Å². The van der Waals surface area contributed by atoms with Crippen molar-refractivity contribution in [1.82, 2.24) is 4.90 Å². The first kappa shape index (κ1) is 16.3. The second kappa shape index (κ2) is 6.64. The molecule has 0 unspecified atom stereocenters. The Bertz CT molecular complexity index is 576. The lowest BCUT2D eigenvalue weighted by molar-refractivity contribution is -0.385. The average molecular weight is 299 g/mol. The Morgan fingerprint density at radius 2 is 2.10 bits per heavy atom. The van der Waals surface area contributed by atoms with Crippen molar-refractivity contribution >= 4 is 23.4 Å². The fourth-order valence-electron chi connectivity index (χ4n) is 1.54. The van der Waals surface area contributed by atoms with Crippen molar-refractivity contribution in [2.45, 2.75) is 19.9 Å². The highest BCUT2D eigenvalue weighted by atomic mass is 19.1. The van der Waals surface area contributed by atoms with E-state index < -0.39 is 41.0 Å². The van der Waals surface area contributed by atoms with E-state index in [1.54, 1.807) is 13.8 Å². The van der Waals surface area contributed by atoms with Crippen LogP contribution >= 0.6 is 0 Å². The molecule has 0 atom stereocenters. The van der Waals surface area contributed by atoms with Gasteiger partial charge < -0.3 is 15.3 Å². The largest absolute Gasteiger partial charge is 0.480 e. The first-order valence-corrected chi connectivity index (χ1v) is 5.95. The van der Waals surface area contributed by atoms with E-state index in [0.29, 0.717) is 6.07 Å². The van der Waals surface area contributed by atoms with Crippen LogP contribution in [0.1, 0.15) is 13.8 Å². The van der Waals surface area contributed by atoms with Gasteiger partial charge in [-0.25, -0.2) is 9.18 Å². The predicted octanol–water partition coefficient (Wildman–Crippen LogP) is 2.06. The summed E-state index contributed by atoms with van der Waals surface area (Å²) in [6.07, 6.45) is 0. The zero-order chi connectivity index (χ0) is 16.2. The van der Waals surface area contributed by atoms with E-state index in [-0.39, 0.29) is 5.69 Å². The Kier molecular flexibility index (Phi) is 5.17. The standard InChI is InChI=1S/C12H14FN3O5/c1-7(2)15(6-11(17)18)12(19)14-10-4-3-8(16(20)21)5-9(10)13/h3-5,7H,6H2,1-2H3,(H,14,19)(H,17,18). The van der Waals surface area contributed by atoms with Crippen LogP contribution in [0.2, 0.25) is 0 Å². The van der Waals surface area contributed by atoms with Gasteiger partial charge in [-0.3, -0.25) is 14.9 Å².